The molecule has 0 aromatic carbocycles. The van der Waals surface area contributed by atoms with Crippen molar-refractivity contribution >= 4 is 31.9 Å². The molecule has 0 aliphatic rings. The minimum atomic E-state index is 0.712. The van der Waals surface area contributed by atoms with Gasteiger partial charge < -0.3 is 5.73 Å². The van der Waals surface area contributed by atoms with E-state index in [9.17, 15) is 0 Å². The second kappa shape index (κ2) is 4.94. The molecule has 0 bridgehead atoms. The molecule has 0 fully saturated rings. The third-order valence-electron chi connectivity index (χ3n) is 1.50. The summed E-state index contributed by atoms with van der Waals surface area (Å²) in [5.74, 6) is 0. The molecule has 0 saturated carbocycles. The van der Waals surface area contributed by atoms with Crippen LogP contribution in [-0.4, -0.2) is 11.5 Å². The van der Waals surface area contributed by atoms with Crippen LogP contribution in [0.2, 0.25) is 0 Å². The fourth-order valence-electron chi connectivity index (χ4n) is 0.896. The van der Waals surface area contributed by atoms with Gasteiger partial charge in [-0.2, -0.15) is 0 Å². The molecule has 0 unspecified atom stereocenters. The van der Waals surface area contributed by atoms with E-state index in [4.69, 9.17) is 5.73 Å². The number of nitrogens with two attached hydrogens (primary N) is 1. The molecule has 0 amide bonds. The average molecular weight is 294 g/mol. The molecule has 0 atom stereocenters. The van der Waals surface area contributed by atoms with Crippen LogP contribution >= 0.6 is 31.9 Å². The zero-order valence-electron chi connectivity index (χ0n) is 6.56. The van der Waals surface area contributed by atoms with Gasteiger partial charge in [0.25, 0.3) is 0 Å². The van der Waals surface area contributed by atoms with Crippen LogP contribution in [0, 0.1) is 0 Å². The van der Waals surface area contributed by atoms with Crippen molar-refractivity contribution in [3.63, 3.8) is 0 Å². The summed E-state index contributed by atoms with van der Waals surface area (Å²) >= 11 is 6.79. The molecule has 0 aliphatic heterocycles. The Morgan fingerprint density at radius 2 is 2.17 bits per heavy atom. The van der Waals surface area contributed by atoms with Crippen LogP contribution < -0.4 is 5.73 Å². The molecule has 1 aromatic rings. The quantitative estimate of drug-likeness (QED) is 0.930. The lowest BCUT2D eigenvalue weighted by molar-refractivity contribution is 0.806. The lowest BCUT2D eigenvalue weighted by Gasteiger charge is -2.01. The Morgan fingerprint density at radius 1 is 1.42 bits per heavy atom. The number of pyridine rings is 1. The second-order valence-corrected chi connectivity index (χ2v) is 4.24. The summed E-state index contributed by atoms with van der Waals surface area (Å²) in [5.41, 5.74) is 6.48. The zero-order chi connectivity index (χ0) is 8.97. The van der Waals surface area contributed by atoms with Gasteiger partial charge in [-0.25, -0.2) is 0 Å². The molecule has 12 heavy (non-hydrogen) atoms. The first-order valence-corrected chi connectivity index (χ1v) is 5.32. The normalized spacial score (nSPS) is 10.2. The fraction of sp³-hybridized carbons (Fsp3) is 0.375. The van der Waals surface area contributed by atoms with E-state index in [0.717, 1.165) is 27.5 Å². The summed E-state index contributed by atoms with van der Waals surface area (Å²) in [6.07, 6.45) is 3.72. The number of hydrogen-bond donors (Lipinski definition) is 1. The number of rotatable bonds is 3. The molecular weight excluding hydrogens is 284 g/mol. The first-order valence-electron chi connectivity index (χ1n) is 3.74. The molecule has 1 rings (SSSR count). The first-order chi connectivity index (χ1) is 5.74. The van der Waals surface area contributed by atoms with Gasteiger partial charge in [0.2, 0.25) is 0 Å². The minimum absolute atomic E-state index is 0.712. The van der Waals surface area contributed by atoms with Crippen LogP contribution in [-0.2, 0) is 6.42 Å². The fourth-order valence-corrected chi connectivity index (χ4v) is 2.08. The van der Waals surface area contributed by atoms with Crippen LogP contribution in [0.4, 0.5) is 0 Å². The van der Waals surface area contributed by atoms with Crippen LogP contribution in [0.1, 0.15) is 12.1 Å². The summed E-state index contributed by atoms with van der Waals surface area (Å²) in [7, 11) is 0. The average Bonchev–Trinajstić information content (AvgIpc) is 2.03. The Balaban J connectivity index is 2.72. The Hall–Kier alpha value is 0.0700. The molecule has 1 heterocycles. The van der Waals surface area contributed by atoms with Crippen LogP contribution in [0.25, 0.3) is 0 Å². The molecular formula is C8H10Br2N2. The maximum atomic E-state index is 5.40. The standard InChI is InChI=1S/C8H10Br2N2/c9-6-4-7(10)8(12-5-6)2-1-3-11/h4-5H,1-3,11H2. The molecule has 0 spiro atoms. The lowest BCUT2D eigenvalue weighted by Crippen LogP contribution is -2.01. The highest BCUT2D eigenvalue weighted by Crippen LogP contribution is 2.20. The van der Waals surface area contributed by atoms with Crippen molar-refractivity contribution in [1.82, 2.24) is 4.98 Å². The van der Waals surface area contributed by atoms with Crippen LogP contribution in [0.5, 0.6) is 0 Å². The SMILES string of the molecule is NCCCc1ncc(Br)cc1Br. The van der Waals surface area contributed by atoms with Gasteiger partial charge >= 0.3 is 0 Å². The molecule has 0 radical (unpaired) electrons. The van der Waals surface area contributed by atoms with E-state index in [1.807, 2.05) is 6.07 Å². The van der Waals surface area contributed by atoms with Gasteiger partial charge in [-0.15, -0.1) is 0 Å². The van der Waals surface area contributed by atoms with Gasteiger partial charge in [-0.05, 0) is 57.3 Å². The summed E-state index contributed by atoms with van der Waals surface area (Å²) in [4.78, 5) is 4.27. The van der Waals surface area contributed by atoms with E-state index in [1.54, 1.807) is 6.20 Å². The Kier molecular flexibility index (Phi) is 4.18. The topological polar surface area (TPSA) is 38.9 Å². The summed E-state index contributed by atoms with van der Waals surface area (Å²) in [5, 5.41) is 0. The van der Waals surface area contributed by atoms with E-state index in [2.05, 4.69) is 36.8 Å². The third kappa shape index (κ3) is 2.84. The van der Waals surface area contributed by atoms with Crippen molar-refractivity contribution in [2.45, 2.75) is 12.8 Å². The number of hydrogen-bond acceptors (Lipinski definition) is 2. The van der Waals surface area contributed by atoms with E-state index >= 15 is 0 Å². The van der Waals surface area contributed by atoms with Crippen molar-refractivity contribution in [2.75, 3.05) is 6.54 Å². The molecule has 0 aliphatic carbocycles. The van der Waals surface area contributed by atoms with Crippen molar-refractivity contribution in [2.24, 2.45) is 5.73 Å². The number of halogens is 2. The highest BCUT2D eigenvalue weighted by Gasteiger charge is 2.00. The second-order valence-electron chi connectivity index (χ2n) is 2.47. The van der Waals surface area contributed by atoms with E-state index in [1.165, 1.54) is 0 Å². The van der Waals surface area contributed by atoms with E-state index < -0.39 is 0 Å². The molecule has 1 aromatic heterocycles. The zero-order valence-corrected chi connectivity index (χ0v) is 9.73. The number of aryl methyl sites for hydroxylation is 1. The van der Waals surface area contributed by atoms with Crippen LogP contribution in [0.3, 0.4) is 0 Å². The van der Waals surface area contributed by atoms with Crippen molar-refractivity contribution in [1.29, 1.82) is 0 Å². The molecule has 2 N–H and O–H groups in total. The first kappa shape index (κ1) is 10.2. The van der Waals surface area contributed by atoms with Gasteiger partial charge in [0, 0.05) is 15.1 Å². The third-order valence-corrected chi connectivity index (χ3v) is 2.62. The molecule has 66 valence electrons. The Morgan fingerprint density at radius 3 is 2.75 bits per heavy atom. The summed E-state index contributed by atoms with van der Waals surface area (Å²) in [6.45, 7) is 0.712. The van der Waals surface area contributed by atoms with Crippen molar-refractivity contribution < 1.29 is 0 Å². The van der Waals surface area contributed by atoms with E-state index in [-0.39, 0.29) is 0 Å². The number of aromatic nitrogens is 1. The molecule has 0 saturated heterocycles. The van der Waals surface area contributed by atoms with Gasteiger partial charge in [-0.3, -0.25) is 4.98 Å². The predicted molar refractivity (Wildman–Crippen MR) is 57.0 cm³/mol. The van der Waals surface area contributed by atoms with Gasteiger partial charge in [-0.1, -0.05) is 0 Å². The van der Waals surface area contributed by atoms with E-state index in [0.29, 0.717) is 6.54 Å². The highest BCUT2D eigenvalue weighted by molar-refractivity contribution is 9.11. The largest absolute Gasteiger partial charge is 0.330 e. The Bertz CT molecular complexity index is 263. The van der Waals surface area contributed by atoms with Crippen LogP contribution in [0.15, 0.2) is 21.2 Å². The molecule has 4 heteroatoms. The molecule has 2 nitrogen and oxygen atoms in total. The van der Waals surface area contributed by atoms with Gasteiger partial charge in [0.1, 0.15) is 0 Å². The lowest BCUT2D eigenvalue weighted by atomic mass is 10.2. The Labute approximate surface area is 88.8 Å². The monoisotopic (exact) mass is 292 g/mol. The minimum Gasteiger partial charge on any atom is -0.330 e. The van der Waals surface area contributed by atoms with Gasteiger partial charge in [0.15, 0.2) is 0 Å². The maximum absolute atomic E-state index is 5.40. The maximum Gasteiger partial charge on any atom is 0.0546 e. The van der Waals surface area contributed by atoms with Gasteiger partial charge in [0.05, 0.1) is 5.69 Å². The highest BCUT2D eigenvalue weighted by atomic mass is 79.9. The van der Waals surface area contributed by atoms with Crippen molar-refractivity contribution in [3.05, 3.63) is 26.9 Å². The summed E-state index contributed by atoms with van der Waals surface area (Å²) < 4.78 is 2.04. The van der Waals surface area contributed by atoms with Crippen molar-refractivity contribution in [3.8, 4) is 0 Å². The number of nitrogens with zero attached hydrogens (tertiary/aromatic N) is 1. The summed E-state index contributed by atoms with van der Waals surface area (Å²) in [6, 6.07) is 2.00. The smallest absolute Gasteiger partial charge is 0.0546 e. The predicted octanol–water partition coefficient (Wildman–Crippen LogP) is 2.50.